The summed E-state index contributed by atoms with van der Waals surface area (Å²) in [6.45, 7) is 9.67. The van der Waals surface area contributed by atoms with Crippen molar-refractivity contribution in [2.45, 2.75) is 41.0 Å². The first kappa shape index (κ1) is 23.9. The Morgan fingerprint density at radius 1 is 1.00 bits per heavy atom. The molecule has 0 aliphatic heterocycles. The number of nitrogens with zero attached hydrogens (tertiary/aromatic N) is 3. The molecule has 8 heteroatoms. The van der Waals surface area contributed by atoms with Crippen molar-refractivity contribution in [1.29, 1.82) is 0 Å². The van der Waals surface area contributed by atoms with Crippen molar-refractivity contribution in [2.24, 2.45) is 5.41 Å². The number of rotatable bonds is 6. The van der Waals surface area contributed by atoms with Crippen LogP contribution in [0.15, 0.2) is 59.1 Å². The summed E-state index contributed by atoms with van der Waals surface area (Å²) in [5.74, 6) is -1.23. The van der Waals surface area contributed by atoms with Crippen LogP contribution in [0.3, 0.4) is 0 Å². The molecule has 2 heterocycles. The number of aryl methyl sites for hydroxylation is 1. The predicted octanol–water partition coefficient (Wildman–Crippen LogP) is 5.88. The van der Waals surface area contributed by atoms with Crippen molar-refractivity contribution in [3.05, 3.63) is 71.5 Å². The summed E-state index contributed by atoms with van der Waals surface area (Å²) in [6, 6.07) is 16.3. The van der Waals surface area contributed by atoms with Gasteiger partial charge in [0.1, 0.15) is 5.69 Å². The monoisotopic (exact) mass is 472 g/mol. The molecule has 35 heavy (non-hydrogen) atoms. The molecule has 1 amide bonds. The van der Waals surface area contributed by atoms with E-state index < -0.39 is 5.97 Å². The molecule has 0 saturated heterocycles. The fourth-order valence-electron chi connectivity index (χ4n) is 4.14. The molecule has 0 unspecified atom stereocenters. The zero-order valence-corrected chi connectivity index (χ0v) is 20.4. The molecule has 0 spiro atoms. The molecule has 2 aromatic heterocycles. The van der Waals surface area contributed by atoms with Gasteiger partial charge < -0.3 is 9.63 Å². The third-order valence-electron chi connectivity index (χ3n) is 5.59. The molecule has 0 aliphatic rings. The van der Waals surface area contributed by atoms with Crippen molar-refractivity contribution < 1.29 is 19.2 Å². The van der Waals surface area contributed by atoms with Gasteiger partial charge in [-0.05, 0) is 37.5 Å². The number of carboxylic acid groups (broad SMARTS) is 1. The van der Waals surface area contributed by atoms with Gasteiger partial charge in [-0.2, -0.15) is 5.10 Å². The number of nitrogens with one attached hydrogen (secondary N) is 1. The average Bonchev–Trinajstić information content (AvgIpc) is 3.32. The van der Waals surface area contributed by atoms with Crippen LogP contribution in [0.1, 0.15) is 48.9 Å². The Morgan fingerprint density at radius 2 is 1.66 bits per heavy atom. The second-order valence-electron chi connectivity index (χ2n) is 9.66. The number of carboxylic acids is 1. The maximum atomic E-state index is 12.8. The number of aromatic carboxylic acids is 1. The highest BCUT2D eigenvalue weighted by molar-refractivity contribution is 6.03. The number of anilines is 1. The number of aromatic nitrogens is 3. The molecule has 0 aliphatic carbocycles. The number of benzene rings is 2. The Hall–Kier alpha value is -4.20. The highest BCUT2D eigenvalue weighted by Gasteiger charge is 2.29. The van der Waals surface area contributed by atoms with E-state index in [0.29, 0.717) is 28.1 Å². The van der Waals surface area contributed by atoms with Gasteiger partial charge in [0.2, 0.25) is 11.8 Å². The van der Waals surface area contributed by atoms with Gasteiger partial charge in [-0.3, -0.25) is 10.1 Å². The van der Waals surface area contributed by atoms with E-state index in [4.69, 9.17) is 9.62 Å². The van der Waals surface area contributed by atoms with Crippen molar-refractivity contribution in [1.82, 2.24) is 14.9 Å². The van der Waals surface area contributed by atoms with Crippen molar-refractivity contribution in [3.8, 4) is 28.1 Å². The van der Waals surface area contributed by atoms with Crippen LogP contribution < -0.4 is 5.32 Å². The minimum absolute atomic E-state index is 0.0778. The topological polar surface area (TPSA) is 110 Å². The van der Waals surface area contributed by atoms with Gasteiger partial charge in [0, 0.05) is 17.5 Å². The molecule has 0 atom stereocenters. The van der Waals surface area contributed by atoms with Crippen LogP contribution in [0.2, 0.25) is 0 Å². The quantitative estimate of drug-likeness (QED) is 0.362. The maximum Gasteiger partial charge on any atom is 0.336 e. The second kappa shape index (κ2) is 9.21. The first-order chi connectivity index (χ1) is 16.6. The molecule has 0 bridgehead atoms. The molecule has 0 saturated carbocycles. The number of carbonyl (C=O) groups is 2. The molecule has 2 aromatic carbocycles. The molecular formula is C27H28N4O4. The number of para-hydroxylation sites is 1. The molecule has 0 fully saturated rings. The molecule has 8 nitrogen and oxygen atoms in total. The van der Waals surface area contributed by atoms with Gasteiger partial charge in [0.05, 0.1) is 28.2 Å². The first-order valence-corrected chi connectivity index (χ1v) is 11.3. The summed E-state index contributed by atoms with van der Waals surface area (Å²) in [7, 11) is 0. The lowest BCUT2D eigenvalue weighted by atomic mass is 9.92. The van der Waals surface area contributed by atoms with E-state index in [9.17, 15) is 14.7 Å². The van der Waals surface area contributed by atoms with E-state index in [0.717, 1.165) is 11.4 Å². The van der Waals surface area contributed by atoms with E-state index in [1.165, 1.54) is 6.07 Å². The normalized spacial score (nSPS) is 11.5. The van der Waals surface area contributed by atoms with Gasteiger partial charge in [-0.25, -0.2) is 9.48 Å². The largest absolute Gasteiger partial charge is 0.478 e. The highest BCUT2D eigenvalue weighted by atomic mass is 16.5. The summed E-state index contributed by atoms with van der Waals surface area (Å²) < 4.78 is 7.45. The Bertz CT molecular complexity index is 1390. The van der Waals surface area contributed by atoms with E-state index in [-0.39, 0.29) is 29.2 Å². The Balaban J connectivity index is 1.92. The van der Waals surface area contributed by atoms with Gasteiger partial charge in [0.25, 0.3) is 0 Å². The third kappa shape index (κ3) is 4.87. The fourth-order valence-corrected chi connectivity index (χ4v) is 4.14. The number of hydrogen-bond acceptors (Lipinski definition) is 5. The minimum Gasteiger partial charge on any atom is -0.478 e. The smallest absolute Gasteiger partial charge is 0.336 e. The summed E-state index contributed by atoms with van der Waals surface area (Å²) >= 11 is 0. The van der Waals surface area contributed by atoms with Crippen LogP contribution in [0.25, 0.3) is 28.1 Å². The highest BCUT2D eigenvalue weighted by Crippen LogP contribution is 2.42. The lowest BCUT2D eigenvalue weighted by molar-refractivity contribution is -0.117. The summed E-state index contributed by atoms with van der Waals surface area (Å²) in [6.07, 6.45) is 0.257. The van der Waals surface area contributed by atoms with Crippen LogP contribution >= 0.6 is 0 Å². The Morgan fingerprint density at radius 3 is 2.31 bits per heavy atom. The minimum atomic E-state index is -1.09. The second-order valence-corrected chi connectivity index (χ2v) is 9.66. The third-order valence-corrected chi connectivity index (χ3v) is 5.59. The van der Waals surface area contributed by atoms with Gasteiger partial charge in [-0.15, -0.1) is 0 Å². The lowest BCUT2D eigenvalue weighted by Gasteiger charge is -2.17. The van der Waals surface area contributed by atoms with Crippen LogP contribution in [0.5, 0.6) is 0 Å². The molecule has 4 aromatic rings. The van der Waals surface area contributed by atoms with Crippen LogP contribution in [0.4, 0.5) is 5.88 Å². The van der Waals surface area contributed by atoms with E-state index in [2.05, 4.69) is 10.5 Å². The van der Waals surface area contributed by atoms with E-state index in [1.54, 1.807) is 18.2 Å². The summed E-state index contributed by atoms with van der Waals surface area (Å²) in [5, 5.41) is 21.7. The lowest BCUT2D eigenvalue weighted by Crippen LogP contribution is -2.19. The molecule has 2 N–H and O–H groups in total. The number of amides is 1. The van der Waals surface area contributed by atoms with E-state index >= 15 is 0 Å². The number of hydrogen-bond donors (Lipinski definition) is 2. The zero-order valence-electron chi connectivity index (χ0n) is 20.4. The molecule has 0 radical (unpaired) electrons. The van der Waals surface area contributed by atoms with Crippen LogP contribution in [0, 0.1) is 19.3 Å². The molecular weight excluding hydrogens is 444 g/mol. The van der Waals surface area contributed by atoms with Crippen LogP contribution in [-0.4, -0.2) is 31.9 Å². The van der Waals surface area contributed by atoms with Gasteiger partial charge in [-0.1, -0.05) is 62.3 Å². The van der Waals surface area contributed by atoms with E-state index in [1.807, 2.05) is 69.6 Å². The van der Waals surface area contributed by atoms with Gasteiger partial charge in [0.15, 0.2) is 0 Å². The predicted molar refractivity (Wildman–Crippen MR) is 134 cm³/mol. The maximum absolute atomic E-state index is 12.8. The van der Waals surface area contributed by atoms with Crippen LogP contribution in [-0.2, 0) is 4.79 Å². The zero-order chi connectivity index (χ0) is 25.3. The Labute approximate surface area is 203 Å². The van der Waals surface area contributed by atoms with Crippen molar-refractivity contribution in [2.75, 3.05) is 5.32 Å². The van der Waals surface area contributed by atoms with Gasteiger partial charge >= 0.3 is 5.97 Å². The Kier molecular flexibility index (Phi) is 6.30. The summed E-state index contributed by atoms with van der Waals surface area (Å²) in [5.41, 5.74) is 4.16. The SMILES string of the molecule is Cc1nn(-c2ccccc2)c(C)c1-c1noc(NC(=O)CC(C)(C)C)c1-c1ccccc1C(=O)O. The number of carbonyl (C=O) groups excluding carboxylic acids is 1. The summed E-state index contributed by atoms with van der Waals surface area (Å²) in [4.78, 5) is 24.8. The van der Waals surface area contributed by atoms with Crippen molar-refractivity contribution >= 4 is 17.8 Å². The standard InChI is InChI=1S/C27H28N4O4/c1-16-22(17(2)31(29-16)18-11-7-6-8-12-18)24-23(19-13-9-10-14-20(19)26(33)34)25(35-30-24)28-21(32)15-27(3,4)5/h6-14H,15H2,1-5H3,(H,28,32)(H,33,34). The average molecular weight is 473 g/mol. The molecule has 180 valence electrons. The fraction of sp³-hybridized carbons (Fsp3) is 0.259. The first-order valence-electron chi connectivity index (χ1n) is 11.3. The molecule has 4 rings (SSSR count). The van der Waals surface area contributed by atoms with Crippen molar-refractivity contribution in [3.63, 3.8) is 0 Å².